The normalized spacial score (nSPS) is 16.3. The number of nitrogens with one attached hydrogen (secondary N) is 1. The molecule has 2 rings (SSSR count). The number of carbonyl (C=O) groups is 1. The third kappa shape index (κ3) is 5.13. The average Bonchev–Trinajstić information content (AvgIpc) is 2.47. The van der Waals surface area contributed by atoms with Gasteiger partial charge in [0.25, 0.3) is 0 Å². The van der Waals surface area contributed by atoms with Crippen LogP contribution in [0.2, 0.25) is 5.02 Å². The molecule has 1 saturated heterocycles. The van der Waals surface area contributed by atoms with Crippen molar-refractivity contribution in [1.82, 2.24) is 15.3 Å². The van der Waals surface area contributed by atoms with Crippen molar-refractivity contribution in [1.29, 1.82) is 0 Å². The van der Waals surface area contributed by atoms with Crippen molar-refractivity contribution < 1.29 is 9.53 Å². The maximum absolute atomic E-state index is 11.7. The fourth-order valence-corrected chi connectivity index (χ4v) is 2.70. The van der Waals surface area contributed by atoms with Crippen molar-refractivity contribution in [3.8, 4) is 0 Å². The van der Waals surface area contributed by atoms with Gasteiger partial charge in [0.1, 0.15) is 22.8 Å². The number of carbonyl (C=O) groups excluding carboxylic acids is 1. The van der Waals surface area contributed by atoms with Gasteiger partial charge in [-0.2, -0.15) is 0 Å². The van der Waals surface area contributed by atoms with Crippen LogP contribution in [0.15, 0.2) is 6.33 Å². The molecule has 0 spiro atoms. The number of hydrogen-bond acceptors (Lipinski definition) is 6. The number of nitrogens with two attached hydrogens (primary N) is 1. The SMILES string of the molecule is CC(C)(C)OC(=O)NCC1CCN(c2ncnc(N)c2Cl)CC1. The minimum Gasteiger partial charge on any atom is -0.444 e. The van der Waals surface area contributed by atoms with Gasteiger partial charge in [0, 0.05) is 19.6 Å². The standard InChI is InChI=1S/C15H24ClN5O2/c1-15(2,3)23-14(22)18-8-10-4-6-21(7-5-10)13-11(16)12(17)19-9-20-13/h9-10H,4-8H2,1-3H3,(H,18,22)(H2,17,19,20). The second-order valence-corrected chi connectivity index (χ2v) is 7.09. The van der Waals surface area contributed by atoms with Crippen LogP contribution >= 0.6 is 11.6 Å². The van der Waals surface area contributed by atoms with Crippen LogP contribution in [0.5, 0.6) is 0 Å². The number of nitrogen functional groups attached to an aromatic ring is 1. The van der Waals surface area contributed by atoms with Crippen LogP contribution in [0.1, 0.15) is 33.6 Å². The van der Waals surface area contributed by atoms with E-state index in [-0.39, 0.29) is 6.09 Å². The molecule has 1 aliphatic heterocycles. The Hall–Kier alpha value is -1.76. The maximum Gasteiger partial charge on any atom is 0.407 e. The predicted molar refractivity (Wildman–Crippen MR) is 90.6 cm³/mol. The Morgan fingerprint density at radius 3 is 2.70 bits per heavy atom. The summed E-state index contributed by atoms with van der Waals surface area (Å²) in [5.41, 5.74) is 5.24. The molecule has 1 fully saturated rings. The summed E-state index contributed by atoms with van der Waals surface area (Å²) in [5.74, 6) is 1.39. The Kier molecular flexibility index (Phi) is 5.51. The predicted octanol–water partition coefficient (Wildman–Crippen LogP) is 2.45. The van der Waals surface area contributed by atoms with Gasteiger partial charge in [-0.1, -0.05) is 11.6 Å². The van der Waals surface area contributed by atoms with Crippen molar-refractivity contribution in [3.05, 3.63) is 11.3 Å². The summed E-state index contributed by atoms with van der Waals surface area (Å²) in [4.78, 5) is 21.9. The molecule has 23 heavy (non-hydrogen) atoms. The van der Waals surface area contributed by atoms with Crippen LogP contribution in [0.25, 0.3) is 0 Å². The molecular weight excluding hydrogens is 318 g/mol. The fraction of sp³-hybridized carbons (Fsp3) is 0.667. The zero-order valence-electron chi connectivity index (χ0n) is 13.8. The molecule has 128 valence electrons. The second kappa shape index (κ2) is 7.21. The zero-order chi connectivity index (χ0) is 17.0. The van der Waals surface area contributed by atoms with Gasteiger partial charge in [-0.3, -0.25) is 0 Å². The van der Waals surface area contributed by atoms with Gasteiger partial charge >= 0.3 is 6.09 Å². The lowest BCUT2D eigenvalue weighted by atomic mass is 9.97. The van der Waals surface area contributed by atoms with Crippen LogP contribution in [-0.2, 0) is 4.74 Å². The molecule has 2 heterocycles. The van der Waals surface area contributed by atoms with E-state index in [1.165, 1.54) is 6.33 Å². The molecule has 0 aromatic carbocycles. The van der Waals surface area contributed by atoms with Crippen molar-refractivity contribution in [2.24, 2.45) is 5.92 Å². The van der Waals surface area contributed by atoms with E-state index in [0.717, 1.165) is 25.9 Å². The van der Waals surface area contributed by atoms with Crippen LogP contribution < -0.4 is 16.0 Å². The zero-order valence-corrected chi connectivity index (χ0v) is 14.6. The molecule has 0 aliphatic carbocycles. The lowest BCUT2D eigenvalue weighted by Crippen LogP contribution is -2.40. The fourth-order valence-electron chi connectivity index (χ4n) is 2.48. The van der Waals surface area contributed by atoms with Crippen LogP contribution in [0.4, 0.5) is 16.4 Å². The van der Waals surface area contributed by atoms with Crippen molar-refractivity contribution in [3.63, 3.8) is 0 Å². The molecule has 1 amide bonds. The van der Waals surface area contributed by atoms with Crippen LogP contribution in [-0.4, -0.2) is 41.3 Å². The largest absolute Gasteiger partial charge is 0.444 e. The molecule has 0 unspecified atom stereocenters. The molecule has 8 heteroatoms. The summed E-state index contributed by atoms with van der Waals surface area (Å²) >= 11 is 6.16. The Bertz CT molecular complexity index is 553. The molecule has 0 saturated carbocycles. The minimum absolute atomic E-state index is 0.297. The first-order valence-electron chi connectivity index (χ1n) is 7.74. The van der Waals surface area contributed by atoms with Crippen molar-refractivity contribution >= 4 is 29.3 Å². The van der Waals surface area contributed by atoms with Gasteiger partial charge in [0.15, 0.2) is 5.82 Å². The first kappa shape index (κ1) is 17.6. The smallest absolute Gasteiger partial charge is 0.407 e. The number of rotatable bonds is 3. The highest BCUT2D eigenvalue weighted by Gasteiger charge is 2.24. The third-order valence-corrected chi connectivity index (χ3v) is 4.01. The Morgan fingerprint density at radius 2 is 2.09 bits per heavy atom. The van der Waals surface area contributed by atoms with E-state index >= 15 is 0 Å². The van der Waals surface area contributed by atoms with Gasteiger partial charge in [0.05, 0.1) is 0 Å². The molecular formula is C15H24ClN5O2. The Labute approximate surface area is 141 Å². The van der Waals surface area contributed by atoms with E-state index < -0.39 is 5.60 Å². The number of anilines is 2. The summed E-state index contributed by atoms with van der Waals surface area (Å²) in [5, 5.41) is 3.23. The highest BCUT2D eigenvalue weighted by atomic mass is 35.5. The van der Waals surface area contributed by atoms with Gasteiger partial charge in [-0.05, 0) is 39.5 Å². The number of halogens is 1. The molecule has 0 radical (unpaired) electrons. The molecule has 1 aromatic rings. The highest BCUT2D eigenvalue weighted by Crippen LogP contribution is 2.30. The molecule has 0 bridgehead atoms. The van der Waals surface area contributed by atoms with E-state index in [0.29, 0.717) is 29.1 Å². The van der Waals surface area contributed by atoms with E-state index in [9.17, 15) is 4.79 Å². The van der Waals surface area contributed by atoms with E-state index in [2.05, 4.69) is 20.2 Å². The maximum atomic E-state index is 11.7. The van der Waals surface area contributed by atoms with Crippen molar-refractivity contribution in [2.75, 3.05) is 30.3 Å². The van der Waals surface area contributed by atoms with Gasteiger partial charge in [0.2, 0.25) is 0 Å². The first-order chi connectivity index (χ1) is 10.8. The topological polar surface area (TPSA) is 93.4 Å². The van der Waals surface area contributed by atoms with E-state index in [4.69, 9.17) is 22.1 Å². The summed E-state index contributed by atoms with van der Waals surface area (Å²) in [6.45, 7) is 7.79. The molecule has 7 nitrogen and oxygen atoms in total. The number of amides is 1. The van der Waals surface area contributed by atoms with Crippen LogP contribution in [0, 0.1) is 5.92 Å². The number of hydrogen-bond donors (Lipinski definition) is 2. The first-order valence-corrected chi connectivity index (χ1v) is 8.12. The third-order valence-electron chi connectivity index (χ3n) is 3.65. The lowest BCUT2D eigenvalue weighted by molar-refractivity contribution is 0.0517. The van der Waals surface area contributed by atoms with Crippen LogP contribution in [0.3, 0.4) is 0 Å². The summed E-state index contributed by atoms with van der Waals surface area (Å²) < 4.78 is 5.24. The number of alkyl carbamates (subject to hydrolysis) is 1. The highest BCUT2D eigenvalue weighted by molar-refractivity contribution is 6.35. The lowest BCUT2D eigenvalue weighted by Gasteiger charge is -2.33. The van der Waals surface area contributed by atoms with Gasteiger partial charge < -0.3 is 20.7 Å². The van der Waals surface area contributed by atoms with E-state index in [1.807, 2.05) is 20.8 Å². The molecule has 1 aromatic heterocycles. The van der Waals surface area contributed by atoms with Gasteiger partial charge in [-0.15, -0.1) is 0 Å². The molecule has 0 atom stereocenters. The summed E-state index contributed by atoms with van der Waals surface area (Å²) in [6, 6.07) is 0. The average molecular weight is 342 g/mol. The summed E-state index contributed by atoms with van der Waals surface area (Å²) in [7, 11) is 0. The molecule has 3 N–H and O–H groups in total. The minimum atomic E-state index is -0.475. The summed E-state index contributed by atoms with van der Waals surface area (Å²) in [6.07, 6.45) is 2.94. The monoisotopic (exact) mass is 341 g/mol. The number of piperidine rings is 1. The quantitative estimate of drug-likeness (QED) is 0.877. The number of ether oxygens (including phenoxy) is 1. The van der Waals surface area contributed by atoms with Gasteiger partial charge in [-0.25, -0.2) is 14.8 Å². The van der Waals surface area contributed by atoms with E-state index in [1.54, 1.807) is 0 Å². The van der Waals surface area contributed by atoms with Crippen molar-refractivity contribution in [2.45, 2.75) is 39.2 Å². The number of aromatic nitrogens is 2. The molecule has 1 aliphatic rings. The Morgan fingerprint density at radius 1 is 1.43 bits per heavy atom. The second-order valence-electron chi connectivity index (χ2n) is 6.71. The Balaban J connectivity index is 1.80. The number of nitrogens with zero attached hydrogens (tertiary/aromatic N) is 3.